The molecule has 3 heteroatoms. The van der Waals surface area contributed by atoms with Crippen LogP contribution in [-0.2, 0) is 9.53 Å². The van der Waals surface area contributed by atoms with Gasteiger partial charge in [0.25, 0.3) is 0 Å². The zero-order valence-corrected chi connectivity index (χ0v) is 7.68. The lowest BCUT2D eigenvalue weighted by Crippen LogP contribution is -2.40. The quantitative estimate of drug-likeness (QED) is 0.620. The Morgan fingerprint density at radius 3 is 2.45 bits per heavy atom. The summed E-state index contributed by atoms with van der Waals surface area (Å²) in [6.45, 7) is 5.92. The minimum absolute atomic E-state index is 0.199. The smallest absolute Gasteiger partial charge is 0.322 e. The van der Waals surface area contributed by atoms with Crippen LogP contribution in [-0.4, -0.2) is 25.2 Å². The van der Waals surface area contributed by atoms with Gasteiger partial charge in [0.05, 0.1) is 7.11 Å². The molecule has 0 aliphatic heterocycles. The molecule has 0 bridgehead atoms. The Hall–Kier alpha value is -0.570. The van der Waals surface area contributed by atoms with Gasteiger partial charge in [-0.2, -0.15) is 0 Å². The Morgan fingerprint density at radius 2 is 2.09 bits per heavy atom. The van der Waals surface area contributed by atoms with E-state index < -0.39 is 0 Å². The number of carbonyl (C=O) groups is 1. The minimum Gasteiger partial charge on any atom is -0.468 e. The summed E-state index contributed by atoms with van der Waals surface area (Å²) in [6.07, 6.45) is 1.02. The normalized spacial score (nSPS) is 15.6. The molecule has 0 aromatic carbocycles. The first-order valence-corrected chi connectivity index (χ1v) is 3.95. The molecule has 66 valence electrons. The highest BCUT2D eigenvalue weighted by Crippen LogP contribution is 1.93. The molecule has 0 amide bonds. The molecule has 11 heavy (non-hydrogen) atoms. The molecule has 0 aromatic heterocycles. The van der Waals surface area contributed by atoms with Crippen LogP contribution in [0.4, 0.5) is 0 Å². The summed E-state index contributed by atoms with van der Waals surface area (Å²) < 4.78 is 4.56. The summed E-state index contributed by atoms with van der Waals surface area (Å²) in [4.78, 5) is 10.9. The number of rotatable bonds is 4. The van der Waals surface area contributed by atoms with Gasteiger partial charge in [0.15, 0.2) is 0 Å². The number of carbonyl (C=O) groups excluding carboxylic acids is 1. The molecule has 0 fully saturated rings. The van der Waals surface area contributed by atoms with Crippen LogP contribution in [0.25, 0.3) is 0 Å². The Balaban J connectivity index is 3.67. The molecule has 3 nitrogen and oxygen atoms in total. The molecular formula is C8H17NO2. The van der Waals surface area contributed by atoms with E-state index in [9.17, 15) is 4.79 Å². The van der Waals surface area contributed by atoms with Crippen molar-refractivity contribution in [2.24, 2.45) is 0 Å². The van der Waals surface area contributed by atoms with E-state index in [-0.39, 0.29) is 12.0 Å². The van der Waals surface area contributed by atoms with Crippen LogP contribution in [0.2, 0.25) is 0 Å². The van der Waals surface area contributed by atoms with Crippen molar-refractivity contribution in [2.75, 3.05) is 7.11 Å². The third-order valence-electron chi connectivity index (χ3n) is 1.70. The summed E-state index contributed by atoms with van der Waals surface area (Å²) in [5.74, 6) is -0.203. The van der Waals surface area contributed by atoms with E-state index in [1.807, 2.05) is 6.92 Å². The first kappa shape index (κ1) is 10.4. The maximum Gasteiger partial charge on any atom is 0.322 e. The molecule has 1 N–H and O–H groups in total. The largest absolute Gasteiger partial charge is 0.468 e. The van der Waals surface area contributed by atoms with Gasteiger partial charge in [-0.05, 0) is 20.3 Å². The molecule has 0 aliphatic rings. The van der Waals surface area contributed by atoms with Gasteiger partial charge < -0.3 is 10.1 Å². The van der Waals surface area contributed by atoms with Gasteiger partial charge in [0, 0.05) is 6.04 Å². The van der Waals surface area contributed by atoms with Crippen molar-refractivity contribution in [1.82, 2.24) is 5.32 Å². The first-order chi connectivity index (χ1) is 5.11. The molecule has 0 aliphatic carbocycles. The van der Waals surface area contributed by atoms with Crippen molar-refractivity contribution in [3.05, 3.63) is 0 Å². The van der Waals surface area contributed by atoms with Crippen molar-refractivity contribution >= 4 is 5.97 Å². The predicted molar refractivity (Wildman–Crippen MR) is 44.4 cm³/mol. The predicted octanol–water partition coefficient (Wildman–Crippen LogP) is 0.936. The fourth-order valence-corrected chi connectivity index (χ4v) is 0.789. The van der Waals surface area contributed by atoms with E-state index in [1.165, 1.54) is 7.11 Å². The molecule has 0 aromatic rings. The summed E-state index contributed by atoms with van der Waals surface area (Å²) in [6, 6.07) is 0.166. The Morgan fingerprint density at radius 1 is 1.55 bits per heavy atom. The number of hydrogen-bond acceptors (Lipinski definition) is 3. The number of hydrogen-bond donors (Lipinski definition) is 1. The molecule has 2 atom stereocenters. The maximum atomic E-state index is 10.9. The van der Waals surface area contributed by atoms with Crippen LogP contribution < -0.4 is 5.32 Å². The van der Waals surface area contributed by atoms with E-state index in [4.69, 9.17) is 0 Å². The first-order valence-electron chi connectivity index (χ1n) is 3.95. The van der Waals surface area contributed by atoms with Crippen LogP contribution in [0.3, 0.4) is 0 Å². The summed E-state index contributed by atoms with van der Waals surface area (Å²) in [5.41, 5.74) is 0. The molecule has 0 saturated heterocycles. The van der Waals surface area contributed by atoms with Crippen molar-refractivity contribution < 1.29 is 9.53 Å². The SMILES string of the molecule is CC[C@H](C)N[C@@H](C)C(=O)OC. The van der Waals surface area contributed by atoms with E-state index in [2.05, 4.69) is 17.0 Å². The molecule has 0 unspecified atom stereocenters. The maximum absolute atomic E-state index is 10.9. The van der Waals surface area contributed by atoms with Crippen molar-refractivity contribution in [3.63, 3.8) is 0 Å². The molecular weight excluding hydrogens is 142 g/mol. The average molecular weight is 159 g/mol. The van der Waals surface area contributed by atoms with Gasteiger partial charge in [-0.25, -0.2) is 0 Å². The van der Waals surface area contributed by atoms with Gasteiger partial charge >= 0.3 is 5.97 Å². The third-order valence-corrected chi connectivity index (χ3v) is 1.70. The topological polar surface area (TPSA) is 38.3 Å². The minimum atomic E-state index is -0.203. The van der Waals surface area contributed by atoms with Gasteiger partial charge in [-0.15, -0.1) is 0 Å². The Labute approximate surface area is 68.1 Å². The second-order valence-corrected chi connectivity index (χ2v) is 2.72. The van der Waals surface area contributed by atoms with Crippen molar-refractivity contribution in [3.8, 4) is 0 Å². The molecule has 0 heterocycles. The Kier molecular flexibility index (Phi) is 4.86. The zero-order valence-electron chi connectivity index (χ0n) is 7.68. The number of esters is 1. The second kappa shape index (κ2) is 5.13. The van der Waals surface area contributed by atoms with Crippen LogP contribution in [0.15, 0.2) is 0 Å². The Bertz CT molecular complexity index is 125. The van der Waals surface area contributed by atoms with Crippen LogP contribution in [0, 0.1) is 0 Å². The van der Waals surface area contributed by atoms with E-state index in [0.29, 0.717) is 6.04 Å². The van der Waals surface area contributed by atoms with Crippen molar-refractivity contribution in [2.45, 2.75) is 39.3 Å². The summed E-state index contributed by atoms with van der Waals surface area (Å²) in [5, 5.41) is 3.11. The summed E-state index contributed by atoms with van der Waals surface area (Å²) >= 11 is 0. The zero-order chi connectivity index (χ0) is 8.85. The van der Waals surface area contributed by atoms with E-state index >= 15 is 0 Å². The fraction of sp³-hybridized carbons (Fsp3) is 0.875. The molecule has 0 saturated carbocycles. The lowest BCUT2D eigenvalue weighted by Gasteiger charge is -2.16. The highest BCUT2D eigenvalue weighted by atomic mass is 16.5. The van der Waals surface area contributed by atoms with Crippen LogP contribution in [0.5, 0.6) is 0 Å². The highest BCUT2D eigenvalue weighted by Gasteiger charge is 2.13. The van der Waals surface area contributed by atoms with Gasteiger partial charge in [-0.1, -0.05) is 6.92 Å². The van der Waals surface area contributed by atoms with Crippen LogP contribution in [0.1, 0.15) is 27.2 Å². The highest BCUT2D eigenvalue weighted by molar-refractivity contribution is 5.75. The summed E-state index contributed by atoms with van der Waals surface area (Å²) in [7, 11) is 1.40. The van der Waals surface area contributed by atoms with Crippen molar-refractivity contribution in [1.29, 1.82) is 0 Å². The number of ether oxygens (including phenoxy) is 1. The van der Waals surface area contributed by atoms with E-state index in [0.717, 1.165) is 6.42 Å². The molecule has 0 rings (SSSR count). The third kappa shape index (κ3) is 3.98. The second-order valence-electron chi connectivity index (χ2n) is 2.72. The lowest BCUT2D eigenvalue weighted by molar-refractivity contribution is -0.142. The lowest BCUT2D eigenvalue weighted by atomic mass is 10.2. The number of nitrogens with one attached hydrogen (secondary N) is 1. The standard InChI is InChI=1S/C8H17NO2/c1-5-6(2)9-7(3)8(10)11-4/h6-7,9H,5H2,1-4H3/t6-,7-/m0/s1. The van der Waals surface area contributed by atoms with Gasteiger partial charge in [0.2, 0.25) is 0 Å². The number of methoxy groups -OCH3 is 1. The van der Waals surface area contributed by atoms with E-state index in [1.54, 1.807) is 6.92 Å². The van der Waals surface area contributed by atoms with Gasteiger partial charge in [-0.3, -0.25) is 4.79 Å². The average Bonchev–Trinajstić information content (AvgIpc) is 2.02. The fourth-order valence-electron chi connectivity index (χ4n) is 0.789. The monoisotopic (exact) mass is 159 g/mol. The van der Waals surface area contributed by atoms with Gasteiger partial charge in [0.1, 0.15) is 6.04 Å². The molecule has 0 spiro atoms. The molecule has 0 radical (unpaired) electrons. The van der Waals surface area contributed by atoms with Crippen LogP contribution >= 0.6 is 0 Å².